The SMILES string of the molecule is CNS(=O)(=O)CC(=O)N1CC(C(=O)Nc2ccc(C)nc2OC(F)F)(c2ccccc2C(C)C)C1. The van der Waals surface area contributed by atoms with Crippen LogP contribution in [0, 0.1) is 6.92 Å². The average molecular weight is 511 g/mol. The minimum absolute atomic E-state index is 0.0372. The summed E-state index contributed by atoms with van der Waals surface area (Å²) in [4.78, 5) is 31.5. The van der Waals surface area contributed by atoms with Gasteiger partial charge >= 0.3 is 6.61 Å². The number of sulfonamides is 1. The lowest BCUT2D eigenvalue weighted by Crippen LogP contribution is -2.67. The molecular formula is C23H28F2N4O5S. The molecule has 2 N–H and O–H groups in total. The Morgan fingerprint density at radius 1 is 1.17 bits per heavy atom. The minimum Gasteiger partial charge on any atom is -0.415 e. The van der Waals surface area contributed by atoms with E-state index in [9.17, 15) is 26.8 Å². The van der Waals surface area contributed by atoms with Gasteiger partial charge in [0.2, 0.25) is 27.7 Å². The molecule has 2 heterocycles. The van der Waals surface area contributed by atoms with Gasteiger partial charge in [0, 0.05) is 18.8 Å². The van der Waals surface area contributed by atoms with Crippen molar-refractivity contribution in [3.05, 3.63) is 53.2 Å². The number of aromatic nitrogens is 1. The van der Waals surface area contributed by atoms with E-state index >= 15 is 0 Å². The minimum atomic E-state index is -3.79. The third kappa shape index (κ3) is 5.76. The summed E-state index contributed by atoms with van der Waals surface area (Å²) in [6.07, 6.45) is 0. The molecule has 0 radical (unpaired) electrons. The van der Waals surface area contributed by atoms with E-state index in [-0.39, 0.29) is 24.7 Å². The van der Waals surface area contributed by atoms with E-state index in [0.717, 1.165) is 5.56 Å². The summed E-state index contributed by atoms with van der Waals surface area (Å²) < 4.78 is 56.1. The van der Waals surface area contributed by atoms with Gasteiger partial charge in [0.05, 0.1) is 0 Å². The van der Waals surface area contributed by atoms with Crippen LogP contribution in [0.25, 0.3) is 0 Å². The van der Waals surface area contributed by atoms with Crippen LogP contribution in [-0.2, 0) is 25.0 Å². The summed E-state index contributed by atoms with van der Waals surface area (Å²) in [5, 5.41) is 2.64. The second kappa shape index (κ2) is 10.2. The average Bonchev–Trinajstić information content (AvgIpc) is 2.74. The molecule has 1 fully saturated rings. The van der Waals surface area contributed by atoms with E-state index in [2.05, 4.69) is 19.8 Å². The topological polar surface area (TPSA) is 118 Å². The van der Waals surface area contributed by atoms with E-state index in [4.69, 9.17) is 0 Å². The quantitative estimate of drug-likeness (QED) is 0.535. The van der Waals surface area contributed by atoms with E-state index in [1.54, 1.807) is 25.1 Å². The molecule has 2 aromatic rings. The predicted molar refractivity (Wildman–Crippen MR) is 126 cm³/mol. The number of nitrogens with one attached hydrogen (secondary N) is 2. The molecular weight excluding hydrogens is 482 g/mol. The number of alkyl halides is 2. The highest BCUT2D eigenvalue weighted by Crippen LogP contribution is 2.40. The number of benzene rings is 1. The Morgan fingerprint density at radius 3 is 2.43 bits per heavy atom. The molecule has 35 heavy (non-hydrogen) atoms. The predicted octanol–water partition coefficient (Wildman–Crippen LogP) is 2.38. The smallest absolute Gasteiger partial charge is 0.388 e. The summed E-state index contributed by atoms with van der Waals surface area (Å²) in [7, 11) is -2.58. The molecule has 1 aliphatic rings. The van der Waals surface area contributed by atoms with Crippen molar-refractivity contribution in [2.45, 2.75) is 38.7 Å². The first-order valence-electron chi connectivity index (χ1n) is 10.9. The fourth-order valence-electron chi connectivity index (χ4n) is 4.02. The number of carbonyl (C=O) groups is 2. The van der Waals surface area contributed by atoms with E-state index in [1.807, 2.05) is 26.0 Å². The summed E-state index contributed by atoms with van der Waals surface area (Å²) in [5.41, 5.74) is 0.704. The highest BCUT2D eigenvalue weighted by atomic mass is 32.2. The zero-order chi connectivity index (χ0) is 26.0. The second-order valence-electron chi connectivity index (χ2n) is 8.68. The normalized spacial score (nSPS) is 15.1. The second-order valence-corrected chi connectivity index (χ2v) is 10.6. The maximum Gasteiger partial charge on any atom is 0.388 e. The van der Waals surface area contributed by atoms with Crippen molar-refractivity contribution < 1.29 is 31.5 Å². The number of carbonyl (C=O) groups excluding carboxylic acids is 2. The number of halogens is 2. The van der Waals surface area contributed by atoms with Gasteiger partial charge < -0.3 is 15.0 Å². The first-order valence-corrected chi connectivity index (χ1v) is 12.6. The first-order chi connectivity index (χ1) is 16.4. The molecule has 2 amide bonds. The van der Waals surface area contributed by atoms with Crippen LogP contribution in [0.4, 0.5) is 14.5 Å². The van der Waals surface area contributed by atoms with Gasteiger partial charge in [-0.1, -0.05) is 38.1 Å². The zero-order valence-corrected chi connectivity index (χ0v) is 20.7. The van der Waals surface area contributed by atoms with Crippen molar-refractivity contribution in [2.24, 2.45) is 0 Å². The molecule has 1 aromatic carbocycles. The highest BCUT2D eigenvalue weighted by Gasteiger charge is 2.53. The molecule has 0 saturated carbocycles. The van der Waals surface area contributed by atoms with Gasteiger partial charge in [-0.2, -0.15) is 8.78 Å². The number of hydrogen-bond donors (Lipinski definition) is 2. The Balaban J connectivity index is 1.97. The molecule has 0 unspecified atom stereocenters. The fourth-order valence-corrected chi connectivity index (χ4v) is 4.68. The number of rotatable bonds is 9. The fraction of sp³-hybridized carbons (Fsp3) is 0.435. The molecule has 0 aliphatic carbocycles. The van der Waals surface area contributed by atoms with Crippen LogP contribution in [0.15, 0.2) is 36.4 Å². The lowest BCUT2D eigenvalue weighted by atomic mass is 9.69. The Labute approximate surface area is 202 Å². The number of pyridine rings is 1. The van der Waals surface area contributed by atoms with Crippen LogP contribution in [0.2, 0.25) is 0 Å². The van der Waals surface area contributed by atoms with Crippen molar-refractivity contribution in [1.82, 2.24) is 14.6 Å². The third-order valence-corrected chi connectivity index (χ3v) is 7.13. The molecule has 1 aliphatic heterocycles. The van der Waals surface area contributed by atoms with Crippen molar-refractivity contribution in [3.8, 4) is 5.88 Å². The molecule has 12 heteroatoms. The van der Waals surface area contributed by atoms with Crippen molar-refractivity contribution in [3.63, 3.8) is 0 Å². The van der Waals surface area contributed by atoms with Gasteiger partial charge in [-0.3, -0.25) is 9.59 Å². The van der Waals surface area contributed by atoms with Crippen molar-refractivity contribution >= 4 is 27.5 Å². The number of nitrogens with zero attached hydrogens (tertiary/aromatic N) is 2. The van der Waals surface area contributed by atoms with Crippen LogP contribution in [0.1, 0.15) is 36.6 Å². The van der Waals surface area contributed by atoms with Gasteiger partial charge in [0.1, 0.15) is 16.9 Å². The standard InChI is InChI=1S/C23H28F2N4O5S/c1-14(2)16-7-5-6-8-17(16)23(12-29(13-23)19(30)11-35(32,33)26-4)21(31)28-18-10-9-15(3)27-20(18)34-22(24)25/h5-10,14,22,26H,11-13H2,1-4H3,(H,28,31). The zero-order valence-electron chi connectivity index (χ0n) is 19.8. The number of hydrogen-bond acceptors (Lipinski definition) is 6. The Kier molecular flexibility index (Phi) is 7.75. The van der Waals surface area contributed by atoms with E-state index in [0.29, 0.717) is 11.3 Å². The van der Waals surface area contributed by atoms with Crippen molar-refractivity contribution in [1.29, 1.82) is 0 Å². The molecule has 190 valence electrons. The maximum atomic E-state index is 13.7. The van der Waals surface area contributed by atoms with Gasteiger partial charge in [-0.25, -0.2) is 18.1 Å². The summed E-state index contributed by atoms with van der Waals surface area (Å²) in [5.74, 6) is -2.32. The molecule has 0 bridgehead atoms. The Bertz CT molecular complexity index is 1210. The number of ether oxygens (including phenoxy) is 1. The number of amides is 2. The monoisotopic (exact) mass is 510 g/mol. The maximum absolute atomic E-state index is 13.7. The molecule has 0 spiro atoms. The highest BCUT2D eigenvalue weighted by molar-refractivity contribution is 7.90. The lowest BCUT2D eigenvalue weighted by Gasteiger charge is -2.50. The molecule has 9 nitrogen and oxygen atoms in total. The Hall–Kier alpha value is -3.12. The Morgan fingerprint density at radius 2 is 1.83 bits per heavy atom. The van der Waals surface area contributed by atoms with Crippen LogP contribution < -0.4 is 14.8 Å². The summed E-state index contributed by atoms with van der Waals surface area (Å²) >= 11 is 0. The first kappa shape index (κ1) is 26.5. The number of likely N-dealkylation sites (tertiary alicyclic amines) is 1. The van der Waals surface area contributed by atoms with Gasteiger partial charge in [0.25, 0.3) is 0 Å². The summed E-state index contributed by atoms with van der Waals surface area (Å²) in [6.45, 7) is 2.23. The van der Waals surface area contributed by atoms with Gasteiger partial charge in [0.15, 0.2) is 0 Å². The van der Waals surface area contributed by atoms with Crippen molar-refractivity contribution in [2.75, 3.05) is 31.2 Å². The van der Waals surface area contributed by atoms with Gasteiger partial charge in [-0.15, -0.1) is 0 Å². The molecule has 0 atom stereocenters. The van der Waals surface area contributed by atoms with Crippen LogP contribution in [0.3, 0.4) is 0 Å². The molecule has 1 saturated heterocycles. The van der Waals surface area contributed by atoms with Gasteiger partial charge in [-0.05, 0) is 43.1 Å². The largest absolute Gasteiger partial charge is 0.415 e. The van der Waals surface area contributed by atoms with Crippen LogP contribution in [0.5, 0.6) is 5.88 Å². The van der Waals surface area contributed by atoms with Crippen LogP contribution >= 0.6 is 0 Å². The summed E-state index contributed by atoms with van der Waals surface area (Å²) in [6, 6.07) is 10.2. The molecule has 1 aromatic heterocycles. The van der Waals surface area contributed by atoms with Crippen LogP contribution in [-0.4, -0.2) is 62.6 Å². The molecule has 3 rings (SSSR count). The van der Waals surface area contributed by atoms with E-state index < -0.39 is 45.5 Å². The lowest BCUT2D eigenvalue weighted by molar-refractivity contribution is -0.141. The third-order valence-electron chi connectivity index (χ3n) is 5.88. The number of aryl methyl sites for hydroxylation is 1. The number of anilines is 1. The van der Waals surface area contributed by atoms with E-state index in [1.165, 1.54) is 18.0 Å².